The first-order chi connectivity index (χ1) is 5.49. The summed E-state index contributed by atoms with van der Waals surface area (Å²) in [7, 11) is 1.52. The minimum Gasteiger partial charge on any atom is -0.395 e. The molecule has 0 rings (SSSR count). The molecule has 2 unspecified atom stereocenters. The zero-order valence-corrected chi connectivity index (χ0v) is 7.37. The van der Waals surface area contributed by atoms with Gasteiger partial charge in [-0.25, -0.2) is 8.78 Å². The van der Waals surface area contributed by atoms with Crippen molar-refractivity contribution in [3.63, 3.8) is 0 Å². The summed E-state index contributed by atoms with van der Waals surface area (Å²) < 4.78 is 23.8. The predicted molar refractivity (Wildman–Crippen MR) is 43.2 cm³/mol. The molecule has 0 saturated heterocycles. The molecule has 5 heteroatoms. The molecule has 0 heterocycles. The number of aliphatic hydroxyl groups is 1. The Bertz CT molecular complexity index is 122. The average molecular weight is 182 g/mol. The van der Waals surface area contributed by atoms with E-state index in [2.05, 4.69) is 0 Å². The minimum atomic E-state index is -2.39. The summed E-state index contributed by atoms with van der Waals surface area (Å²) in [6.45, 7) is 1.14. The third kappa shape index (κ3) is 3.94. The Morgan fingerprint density at radius 2 is 2.00 bits per heavy atom. The lowest BCUT2D eigenvalue weighted by Crippen LogP contribution is -2.48. The molecule has 0 radical (unpaired) electrons. The Kier molecular flexibility index (Phi) is 5.28. The van der Waals surface area contributed by atoms with Gasteiger partial charge in [-0.1, -0.05) is 0 Å². The zero-order chi connectivity index (χ0) is 9.72. The largest absolute Gasteiger partial charge is 0.395 e. The summed E-state index contributed by atoms with van der Waals surface area (Å²) >= 11 is 0. The van der Waals surface area contributed by atoms with Gasteiger partial charge in [0, 0.05) is 12.1 Å². The van der Waals surface area contributed by atoms with E-state index in [1.807, 2.05) is 0 Å². The third-order valence-electron chi connectivity index (χ3n) is 1.79. The number of nitrogens with zero attached hydrogens (tertiary/aromatic N) is 1. The second kappa shape index (κ2) is 5.40. The first-order valence-electron chi connectivity index (χ1n) is 3.83. The summed E-state index contributed by atoms with van der Waals surface area (Å²) in [5.41, 5.74) is 5.48. The van der Waals surface area contributed by atoms with Gasteiger partial charge in [0.1, 0.15) is 0 Å². The fraction of sp³-hybridized carbons (Fsp3) is 1.00. The van der Waals surface area contributed by atoms with Crippen LogP contribution in [0.3, 0.4) is 0 Å². The summed E-state index contributed by atoms with van der Waals surface area (Å²) in [5.74, 6) is 0. The normalized spacial score (nSPS) is 17.0. The maximum atomic E-state index is 11.9. The number of likely N-dealkylation sites (N-methyl/N-ethyl adjacent to an activating group) is 1. The van der Waals surface area contributed by atoms with Gasteiger partial charge in [0.05, 0.1) is 13.2 Å². The molecule has 0 aliphatic rings. The van der Waals surface area contributed by atoms with Gasteiger partial charge in [-0.2, -0.15) is 0 Å². The van der Waals surface area contributed by atoms with Crippen molar-refractivity contribution in [3.05, 3.63) is 0 Å². The Morgan fingerprint density at radius 1 is 1.50 bits per heavy atom. The van der Waals surface area contributed by atoms with Crippen LogP contribution in [0.2, 0.25) is 0 Å². The van der Waals surface area contributed by atoms with Crippen LogP contribution in [0.4, 0.5) is 8.78 Å². The highest BCUT2D eigenvalue weighted by atomic mass is 19.3. The third-order valence-corrected chi connectivity index (χ3v) is 1.79. The fourth-order valence-corrected chi connectivity index (χ4v) is 1.06. The van der Waals surface area contributed by atoms with E-state index in [1.54, 1.807) is 6.92 Å². The van der Waals surface area contributed by atoms with E-state index in [0.717, 1.165) is 0 Å². The Hall–Kier alpha value is -0.260. The van der Waals surface area contributed by atoms with Crippen LogP contribution in [0.1, 0.15) is 6.92 Å². The van der Waals surface area contributed by atoms with Gasteiger partial charge in [-0.3, -0.25) is 4.90 Å². The van der Waals surface area contributed by atoms with Gasteiger partial charge in [-0.15, -0.1) is 0 Å². The number of nitrogens with two attached hydrogens (primary N) is 1. The summed E-state index contributed by atoms with van der Waals surface area (Å²) in [6.07, 6.45) is -2.39. The van der Waals surface area contributed by atoms with Crippen molar-refractivity contribution in [1.29, 1.82) is 0 Å². The summed E-state index contributed by atoms with van der Waals surface area (Å²) in [5, 5.41) is 8.81. The van der Waals surface area contributed by atoms with Crippen molar-refractivity contribution in [3.8, 4) is 0 Å². The first kappa shape index (κ1) is 11.7. The highest BCUT2D eigenvalue weighted by molar-refractivity contribution is 4.76. The first-order valence-corrected chi connectivity index (χ1v) is 3.83. The van der Waals surface area contributed by atoms with Crippen molar-refractivity contribution in [2.24, 2.45) is 5.73 Å². The molecule has 0 aliphatic carbocycles. The van der Waals surface area contributed by atoms with Crippen molar-refractivity contribution in [2.45, 2.75) is 25.4 Å². The number of hydrogen-bond acceptors (Lipinski definition) is 3. The molecule has 0 aromatic heterocycles. The van der Waals surface area contributed by atoms with E-state index in [4.69, 9.17) is 10.8 Å². The summed E-state index contributed by atoms with van der Waals surface area (Å²) in [4.78, 5) is 1.37. The lowest BCUT2D eigenvalue weighted by atomic mass is 10.1. The van der Waals surface area contributed by atoms with Crippen LogP contribution < -0.4 is 5.73 Å². The van der Waals surface area contributed by atoms with Gasteiger partial charge in [0.2, 0.25) is 0 Å². The molecule has 0 aliphatic heterocycles. The molecule has 0 aromatic carbocycles. The van der Waals surface area contributed by atoms with Crippen LogP contribution in [-0.4, -0.2) is 48.7 Å². The molecule has 0 aromatic rings. The Morgan fingerprint density at radius 3 is 2.25 bits per heavy atom. The second-order valence-electron chi connectivity index (χ2n) is 2.94. The highest BCUT2D eigenvalue weighted by Crippen LogP contribution is 2.03. The Balaban J connectivity index is 3.94. The molecular formula is C7H16F2N2O. The van der Waals surface area contributed by atoms with Crippen LogP contribution in [0, 0.1) is 0 Å². The van der Waals surface area contributed by atoms with Crippen molar-refractivity contribution >= 4 is 0 Å². The molecular weight excluding hydrogens is 166 g/mol. The number of halogens is 2. The quantitative estimate of drug-likeness (QED) is 0.623. The average Bonchev–Trinajstić information content (AvgIpc) is 1.85. The van der Waals surface area contributed by atoms with Crippen molar-refractivity contribution in [2.75, 3.05) is 20.2 Å². The molecule has 2 atom stereocenters. The number of hydrogen-bond donors (Lipinski definition) is 2. The topological polar surface area (TPSA) is 49.5 Å². The smallest absolute Gasteiger partial charge is 0.251 e. The fourth-order valence-electron chi connectivity index (χ4n) is 1.06. The van der Waals surface area contributed by atoms with E-state index in [1.165, 1.54) is 11.9 Å². The SMILES string of the molecule is CC(N)C(CO)N(C)CC(F)F. The van der Waals surface area contributed by atoms with Crippen molar-refractivity contribution < 1.29 is 13.9 Å². The maximum Gasteiger partial charge on any atom is 0.251 e. The molecule has 0 saturated carbocycles. The van der Waals surface area contributed by atoms with Gasteiger partial charge >= 0.3 is 0 Å². The van der Waals surface area contributed by atoms with Crippen LogP contribution in [0.5, 0.6) is 0 Å². The van der Waals surface area contributed by atoms with E-state index >= 15 is 0 Å². The number of aliphatic hydroxyl groups excluding tert-OH is 1. The molecule has 3 N–H and O–H groups in total. The van der Waals surface area contributed by atoms with E-state index < -0.39 is 6.43 Å². The van der Waals surface area contributed by atoms with Crippen molar-refractivity contribution in [1.82, 2.24) is 4.90 Å². The van der Waals surface area contributed by atoms with Crippen LogP contribution in [0.25, 0.3) is 0 Å². The van der Waals surface area contributed by atoms with Gasteiger partial charge in [0.25, 0.3) is 6.43 Å². The zero-order valence-electron chi connectivity index (χ0n) is 7.37. The number of rotatable bonds is 5. The van der Waals surface area contributed by atoms with Crippen LogP contribution >= 0.6 is 0 Å². The highest BCUT2D eigenvalue weighted by Gasteiger charge is 2.20. The van der Waals surface area contributed by atoms with E-state index in [9.17, 15) is 8.78 Å². The minimum absolute atomic E-state index is 0.194. The van der Waals surface area contributed by atoms with E-state index in [-0.39, 0.29) is 25.2 Å². The second-order valence-corrected chi connectivity index (χ2v) is 2.94. The molecule has 0 amide bonds. The number of alkyl halides is 2. The van der Waals surface area contributed by atoms with Gasteiger partial charge in [0.15, 0.2) is 0 Å². The maximum absolute atomic E-state index is 11.9. The predicted octanol–water partition coefficient (Wildman–Crippen LogP) is -0.109. The molecule has 0 bridgehead atoms. The molecule has 12 heavy (non-hydrogen) atoms. The van der Waals surface area contributed by atoms with Gasteiger partial charge in [-0.05, 0) is 14.0 Å². The van der Waals surface area contributed by atoms with Crippen LogP contribution in [0.15, 0.2) is 0 Å². The molecule has 0 fully saturated rings. The lowest BCUT2D eigenvalue weighted by Gasteiger charge is -2.28. The lowest BCUT2D eigenvalue weighted by molar-refractivity contribution is 0.0555. The van der Waals surface area contributed by atoms with Gasteiger partial charge < -0.3 is 10.8 Å². The summed E-state index contributed by atoms with van der Waals surface area (Å²) in [6, 6.07) is -0.697. The molecule has 3 nitrogen and oxygen atoms in total. The molecule has 0 spiro atoms. The van der Waals surface area contributed by atoms with E-state index in [0.29, 0.717) is 0 Å². The van der Waals surface area contributed by atoms with Crippen LogP contribution in [-0.2, 0) is 0 Å². The standard InChI is InChI=1S/C7H16F2N2O/c1-5(10)6(4-12)11(2)3-7(8)9/h5-7,12H,3-4,10H2,1-2H3. The Labute approximate surface area is 71.2 Å². The monoisotopic (exact) mass is 182 g/mol. The molecule has 74 valence electrons.